The van der Waals surface area contributed by atoms with Crippen molar-refractivity contribution >= 4 is 11.7 Å². The first-order chi connectivity index (χ1) is 19.2. The normalized spacial score (nSPS) is 19.8. The fourth-order valence-electron chi connectivity index (χ4n) is 5.73. The second kappa shape index (κ2) is 8.64. The molecule has 2 aliphatic carbocycles. The van der Waals surface area contributed by atoms with Gasteiger partial charge in [0.1, 0.15) is 0 Å². The van der Waals surface area contributed by atoms with E-state index in [4.69, 9.17) is 0 Å². The van der Waals surface area contributed by atoms with Crippen molar-refractivity contribution in [3.8, 4) is 11.3 Å². The Bertz CT molecular complexity index is 1950. The van der Waals surface area contributed by atoms with Gasteiger partial charge in [-0.2, -0.15) is 18.3 Å². The van der Waals surface area contributed by atoms with Crippen LogP contribution in [0, 0.1) is 6.92 Å². The molecule has 1 saturated carbocycles. The van der Waals surface area contributed by atoms with Gasteiger partial charge >= 0.3 is 11.9 Å². The van der Waals surface area contributed by atoms with E-state index in [1.54, 1.807) is 22.8 Å². The molecule has 3 atom stereocenters. The number of aromatic nitrogens is 5. The monoisotopic (exact) mass is 541 g/mol. The molecule has 7 rings (SSSR count). The molecule has 0 amide bonds. The number of benzene rings is 2. The van der Waals surface area contributed by atoms with Crippen LogP contribution in [0.1, 0.15) is 63.2 Å². The Morgan fingerprint density at radius 1 is 0.975 bits per heavy atom. The summed E-state index contributed by atoms with van der Waals surface area (Å²) >= 11 is 0. The maximum atomic E-state index is 13.1. The third-order valence-corrected chi connectivity index (χ3v) is 7.89. The Kier molecular flexibility index (Phi) is 5.25. The molecular weight excluding hydrogens is 519 g/mol. The zero-order chi connectivity index (χ0) is 27.8. The van der Waals surface area contributed by atoms with E-state index in [-0.39, 0.29) is 23.3 Å². The van der Waals surface area contributed by atoms with Gasteiger partial charge in [-0.3, -0.25) is 9.78 Å². The molecule has 0 spiro atoms. The van der Waals surface area contributed by atoms with Gasteiger partial charge in [0.2, 0.25) is 0 Å². The zero-order valence-corrected chi connectivity index (χ0v) is 21.2. The van der Waals surface area contributed by atoms with Gasteiger partial charge in [0, 0.05) is 17.7 Å². The fourth-order valence-corrected chi connectivity index (χ4v) is 5.73. The molecule has 7 nitrogen and oxygen atoms in total. The molecule has 2 aliphatic rings. The largest absolute Gasteiger partial charge is 0.416 e. The molecule has 0 saturated heterocycles. The lowest BCUT2D eigenvalue weighted by Gasteiger charge is -2.15. The topological polar surface area (TPSA) is 95.9 Å². The lowest BCUT2D eigenvalue weighted by molar-refractivity contribution is -0.137. The molecule has 2 aromatic carbocycles. The van der Waals surface area contributed by atoms with Crippen LogP contribution in [0.2, 0.25) is 0 Å². The summed E-state index contributed by atoms with van der Waals surface area (Å²) < 4.78 is 40.9. The van der Waals surface area contributed by atoms with Gasteiger partial charge in [0.25, 0.3) is 5.56 Å². The zero-order valence-electron chi connectivity index (χ0n) is 21.2. The van der Waals surface area contributed by atoms with Crippen molar-refractivity contribution in [1.82, 2.24) is 24.6 Å². The smallest absolute Gasteiger partial charge is 0.313 e. The molecule has 10 heteroatoms. The number of halogens is 3. The molecule has 0 radical (unpaired) electrons. The number of imidazole rings is 1. The minimum Gasteiger partial charge on any atom is -0.313 e. The van der Waals surface area contributed by atoms with Crippen LogP contribution in [0.15, 0.2) is 76.6 Å². The first kappa shape index (κ1) is 24.3. The van der Waals surface area contributed by atoms with Crippen LogP contribution in [0.25, 0.3) is 23.0 Å². The Morgan fingerprint density at radius 3 is 2.50 bits per heavy atom. The predicted molar refractivity (Wildman–Crippen MR) is 143 cm³/mol. The molecule has 5 aromatic rings. The molecule has 2 unspecified atom stereocenters. The molecule has 200 valence electrons. The number of fused-ring (bicyclic) bond motifs is 2. The number of H-pyrrole nitrogens is 2. The second-order valence-corrected chi connectivity index (χ2v) is 10.4. The van der Waals surface area contributed by atoms with Gasteiger partial charge in [0.05, 0.1) is 28.7 Å². The summed E-state index contributed by atoms with van der Waals surface area (Å²) in [7, 11) is 0. The molecule has 3 heterocycles. The Morgan fingerprint density at radius 2 is 1.75 bits per heavy atom. The van der Waals surface area contributed by atoms with Crippen LogP contribution in [0.3, 0.4) is 0 Å². The van der Waals surface area contributed by atoms with Crippen LogP contribution in [0.4, 0.5) is 13.2 Å². The van der Waals surface area contributed by atoms with E-state index in [0.29, 0.717) is 5.69 Å². The van der Waals surface area contributed by atoms with E-state index < -0.39 is 23.0 Å². The molecule has 1 fully saturated rings. The van der Waals surface area contributed by atoms with Crippen LogP contribution in [0.5, 0.6) is 0 Å². The average Bonchev–Trinajstić information content (AvgIpc) is 3.47. The highest BCUT2D eigenvalue weighted by Crippen LogP contribution is 2.56. The summed E-state index contributed by atoms with van der Waals surface area (Å²) in [5.41, 5.74) is 5.52. The van der Waals surface area contributed by atoms with Crippen molar-refractivity contribution in [2.45, 2.75) is 37.3 Å². The lowest BCUT2D eigenvalue weighted by Crippen LogP contribution is -2.23. The Balaban J connectivity index is 1.23. The van der Waals surface area contributed by atoms with E-state index in [1.165, 1.54) is 6.20 Å². The van der Waals surface area contributed by atoms with Crippen molar-refractivity contribution in [2.75, 3.05) is 0 Å². The maximum absolute atomic E-state index is 13.1. The van der Waals surface area contributed by atoms with Gasteiger partial charge in [-0.25, -0.2) is 14.3 Å². The van der Waals surface area contributed by atoms with E-state index in [2.05, 4.69) is 38.2 Å². The third-order valence-electron chi connectivity index (χ3n) is 7.89. The number of nitrogens with zero attached hydrogens (tertiary/aromatic N) is 3. The summed E-state index contributed by atoms with van der Waals surface area (Å²) in [4.78, 5) is 33.4. The van der Waals surface area contributed by atoms with Gasteiger partial charge in [-0.05, 0) is 65.6 Å². The van der Waals surface area contributed by atoms with E-state index >= 15 is 0 Å². The second-order valence-electron chi connectivity index (χ2n) is 10.4. The highest BCUT2D eigenvalue weighted by molar-refractivity contribution is 5.67. The van der Waals surface area contributed by atoms with Crippen molar-refractivity contribution in [1.29, 1.82) is 0 Å². The van der Waals surface area contributed by atoms with Gasteiger partial charge in [0.15, 0.2) is 5.65 Å². The van der Waals surface area contributed by atoms with Crippen molar-refractivity contribution in [2.24, 2.45) is 0 Å². The highest BCUT2D eigenvalue weighted by Gasteiger charge is 2.42. The van der Waals surface area contributed by atoms with Crippen molar-refractivity contribution in [3.05, 3.63) is 127 Å². The Hall–Kier alpha value is -4.73. The van der Waals surface area contributed by atoms with E-state index in [9.17, 15) is 22.8 Å². The van der Waals surface area contributed by atoms with Gasteiger partial charge in [-0.1, -0.05) is 42.5 Å². The molecule has 2 N–H and O–H groups in total. The summed E-state index contributed by atoms with van der Waals surface area (Å²) in [5, 5.41) is 4.61. The Labute approximate surface area is 225 Å². The first-order valence-corrected chi connectivity index (χ1v) is 12.8. The summed E-state index contributed by atoms with van der Waals surface area (Å²) in [6.07, 6.45) is 3.65. The average molecular weight is 542 g/mol. The first-order valence-electron chi connectivity index (χ1n) is 12.8. The van der Waals surface area contributed by atoms with E-state index in [0.717, 1.165) is 57.7 Å². The molecule has 3 aromatic heterocycles. The minimum absolute atomic E-state index is 0.115. The predicted octanol–water partition coefficient (Wildman–Crippen LogP) is 5.53. The van der Waals surface area contributed by atoms with Crippen LogP contribution in [-0.2, 0) is 6.18 Å². The number of aryl methyl sites for hydroxylation is 1. The summed E-state index contributed by atoms with van der Waals surface area (Å²) in [6.45, 7) is 1.89. The minimum atomic E-state index is -4.37. The molecule has 40 heavy (non-hydrogen) atoms. The van der Waals surface area contributed by atoms with Crippen LogP contribution < -0.4 is 11.2 Å². The third kappa shape index (κ3) is 3.98. The van der Waals surface area contributed by atoms with Crippen molar-refractivity contribution in [3.63, 3.8) is 0 Å². The summed E-state index contributed by atoms with van der Waals surface area (Å²) in [6, 6.07) is 13.6. The van der Waals surface area contributed by atoms with Gasteiger partial charge in [-0.15, -0.1) is 0 Å². The molecular formula is C30H22F3N5O2. The number of aromatic amines is 2. The number of hydrogen-bond donors (Lipinski definition) is 2. The highest BCUT2D eigenvalue weighted by atomic mass is 19.4. The van der Waals surface area contributed by atoms with Crippen LogP contribution in [-0.4, -0.2) is 24.6 Å². The SMILES string of the molecule is Cc1cnc2c([C@H]3CC3c3ccc4c(c3)C(c3ccc(C(F)(F)F)cc3)C=C4)cc(-c3c[nH]c(=O)[nH]c3=O)nn12. The number of nitrogens with one attached hydrogen (secondary N) is 2. The number of allylic oxidation sites excluding steroid dienone is 1. The fraction of sp³-hybridized carbons (Fsp3) is 0.200. The lowest BCUT2D eigenvalue weighted by atomic mass is 9.90. The maximum Gasteiger partial charge on any atom is 0.416 e. The number of hydrogen-bond acceptors (Lipinski definition) is 4. The standard InChI is InChI=1S/C30H22F3N5O2/c1-15-13-34-27-24(12-26(37-38(15)27)25-14-35-29(40)36-28(25)39)23-11-22(23)18-3-2-17-6-9-20(21(17)10-18)16-4-7-19(8-5-16)30(31,32)33/h2-10,12-14,20,22-23H,11H2,1H3,(H2,35,36,39,40)/t20?,22?,23-/m0/s1. The van der Waals surface area contributed by atoms with E-state index in [1.807, 2.05) is 25.1 Å². The van der Waals surface area contributed by atoms with Crippen molar-refractivity contribution < 1.29 is 13.2 Å². The van der Waals surface area contributed by atoms with Gasteiger partial charge < -0.3 is 4.98 Å². The molecule has 0 bridgehead atoms. The molecule has 0 aliphatic heterocycles. The number of alkyl halides is 3. The number of rotatable bonds is 4. The quantitative estimate of drug-likeness (QED) is 0.313. The summed E-state index contributed by atoms with van der Waals surface area (Å²) in [5.74, 6) is 0.240. The van der Waals surface area contributed by atoms with Crippen LogP contribution >= 0.6 is 0 Å².